The van der Waals surface area contributed by atoms with Gasteiger partial charge in [-0.25, -0.2) is 8.78 Å². The Labute approximate surface area is 86.3 Å². The zero-order chi connectivity index (χ0) is 10.7. The first-order chi connectivity index (χ1) is 7.27. The Bertz CT molecular complexity index is 312. The van der Waals surface area contributed by atoms with Crippen LogP contribution in [-0.2, 0) is 11.2 Å². The van der Waals surface area contributed by atoms with Crippen LogP contribution in [0.25, 0.3) is 0 Å². The van der Waals surface area contributed by atoms with Crippen molar-refractivity contribution in [3.63, 3.8) is 0 Å². The van der Waals surface area contributed by atoms with E-state index in [2.05, 4.69) is 10.2 Å². The molecular weight excluding hydrogens is 204 g/mol. The van der Waals surface area contributed by atoms with Crippen LogP contribution in [-0.4, -0.2) is 34.4 Å². The summed E-state index contributed by atoms with van der Waals surface area (Å²) in [6.45, 7) is -0.229. The molecule has 0 unspecified atom stereocenters. The molecule has 15 heavy (non-hydrogen) atoms. The highest BCUT2D eigenvalue weighted by atomic mass is 19.3. The van der Waals surface area contributed by atoms with E-state index in [1.165, 1.54) is 0 Å². The summed E-state index contributed by atoms with van der Waals surface area (Å²) in [4.78, 5) is 0. The maximum absolute atomic E-state index is 11.8. The predicted molar refractivity (Wildman–Crippen MR) is 48.8 cm³/mol. The fourth-order valence-electron chi connectivity index (χ4n) is 1.44. The zero-order valence-corrected chi connectivity index (χ0v) is 8.27. The first-order valence-corrected chi connectivity index (χ1v) is 5.01. The topological polar surface area (TPSA) is 39.9 Å². The van der Waals surface area contributed by atoms with Crippen molar-refractivity contribution in [3.8, 4) is 0 Å². The molecule has 0 aromatic carbocycles. The molecule has 1 heterocycles. The van der Waals surface area contributed by atoms with E-state index in [1.807, 2.05) is 4.57 Å². The van der Waals surface area contributed by atoms with Gasteiger partial charge in [0.15, 0.2) is 0 Å². The number of rotatable bonds is 6. The van der Waals surface area contributed by atoms with Crippen molar-refractivity contribution in [2.24, 2.45) is 0 Å². The van der Waals surface area contributed by atoms with Crippen molar-refractivity contribution in [1.29, 1.82) is 0 Å². The fourth-order valence-corrected chi connectivity index (χ4v) is 1.44. The van der Waals surface area contributed by atoms with E-state index in [-0.39, 0.29) is 6.61 Å². The van der Waals surface area contributed by atoms with Gasteiger partial charge in [0, 0.05) is 12.5 Å². The molecule has 1 fully saturated rings. The Morgan fingerprint density at radius 1 is 1.53 bits per heavy atom. The predicted octanol–water partition coefficient (Wildman–Crippen LogP) is 1.44. The van der Waals surface area contributed by atoms with Gasteiger partial charge in [0.2, 0.25) is 0 Å². The zero-order valence-electron chi connectivity index (χ0n) is 8.27. The monoisotopic (exact) mass is 217 g/mol. The molecule has 2 rings (SSSR count). The van der Waals surface area contributed by atoms with Gasteiger partial charge in [-0.2, -0.15) is 0 Å². The molecule has 6 heteroatoms. The molecule has 1 aromatic heterocycles. The molecule has 0 amide bonds. The maximum Gasteiger partial charge on any atom is 0.261 e. The number of nitrogens with zero attached hydrogens (tertiary/aromatic N) is 3. The molecule has 0 saturated heterocycles. The van der Waals surface area contributed by atoms with E-state index in [9.17, 15) is 8.78 Å². The highest BCUT2D eigenvalue weighted by molar-refractivity contribution is 4.94. The molecule has 0 bridgehead atoms. The highest BCUT2D eigenvalue weighted by Crippen LogP contribution is 2.35. The normalized spacial score (nSPS) is 16.2. The number of halogens is 2. The third-order valence-electron chi connectivity index (χ3n) is 2.30. The van der Waals surface area contributed by atoms with E-state index >= 15 is 0 Å². The average Bonchev–Trinajstić information content (AvgIpc) is 2.93. The Kier molecular flexibility index (Phi) is 3.25. The first kappa shape index (κ1) is 10.5. The van der Waals surface area contributed by atoms with Crippen LogP contribution in [0.4, 0.5) is 8.78 Å². The molecule has 0 radical (unpaired) electrons. The van der Waals surface area contributed by atoms with Gasteiger partial charge < -0.3 is 9.30 Å². The largest absolute Gasteiger partial charge is 0.375 e. The van der Waals surface area contributed by atoms with Gasteiger partial charge in [-0.15, -0.1) is 10.2 Å². The van der Waals surface area contributed by atoms with Crippen LogP contribution in [0.2, 0.25) is 0 Å². The summed E-state index contributed by atoms with van der Waals surface area (Å²) in [5.41, 5.74) is 0. The lowest BCUT2D eigenvalue weighted by Gasteiger charge is -2.05. The van der Waals surface area contributed by atoms with Crippen LogP contribution in [0.15, 0.2) is 6.33 Å². The molecule has 0 atom stereocenters. The summed E-state index contributed by atoms with van der Waals surface area (Å²) in [5, 5.41) is 7.75. The second kappa shape index (κ2) is 4.65. The van der Waals surface area contributed by atoms with Gasteiger partial charge in [0.1, 0.15) is 18.8 Å². The van der Waals surface area contributed by atoms with Gasteiger partial charge in [0.25, 0.3) is 6.43 Å². The number of alkyl halides is 2. The third-order valence-corrected chi connectivity index (χ3v) is 2.30. The minimum absolute atomic E-state index is 0.274. The Morgan fingerprint density at radius 2 is 2.33 bits per heavy atom. The van der Waals surface area contributed by atoms with Crippen LogP contribution in [0, 0.1) is 0 Å². The van der Waals surface area contributed by atoms with E-state index < -0.39 is 13.0 Å². The van der Waals surface area contributed by atoms with Gasteiger partial charge in [-0.05, 0) is 12.8 Å². The summed E-state index contributed by atoms with van der Waals surface area (Å²) in [7, 11) is 0. The first-order valence-electron chi connectivity index (χ1n) is 5.01. The maximum atomic E-state index is 11.8. The van der Waals surface area contributed by atoms with Crippen molar-refractivity contribution in [2.45, 2.75) is 31.7 Å². The molecule has 4 nitrogen and oxygen atoms in total. The van der Waals surface area contributed by atoms with Crippen molar-refractivity contribution in [1.82, 2.24) is 14.8 Å². The van der Waals surface area contributed by atoms with Crippen molar-refractivity contribution >= 4 is 0 Å². The Hall–Kier alpha value is -1.04. The van der Waals surface area contributed by atoms with Crippen LogP contribution >= 0.6 is 0 Å². The minimum Gasteiger partial charge on any atom is -0.375 e. The smallest absolute Gasteiger partial charge is 0.261 e. The molecule has 1 aliphatic rings. The number of ether oxygens (including phenoxy) is 1. The van der Waals surface area contributed by atoms with Gasteiger partial charge >= 0.3 is 0 Å². The van der Waals surface area contributed by atoms with Gasteiger partial charge in [-0.1, -0.05) is 0 Å². The Morgan fingerprint density at radius 3 is 3.00 bits per heavy atom. The minimum atomic E-state index is -2.40. The van der Waals surface area contributed by atoms with E-state index in [0.717, 1.165) is 18.7 Å². The summed E-state index contributed by atoms with van der Waals surface area (Å²) < 4.78 is 30.3. The molecular formula is C9H13F2N3O. The number of aromatic nitrogens is 3. The number of hydrogen-bond acceptors (Lipinski definition) is 3. The molecule has 1 aromatic rings. The lowest BCUT2D eigenvalue weighted by Crippen LogP contribution is -2.10. The lowest BCUT2D eigenvalue weighted by atomic mass is 10.4. The lowest BCUT2D eigenvalue weighted by molar-refractivity contribution is 0.0181. The molecule has 0 N–H and O–H groups in total. The summed E-state index contributed by atoms with van der Waals surface area (Å²) in [6.07, 6.45) is 2.15. The molecule has 1 aliphatic carbocycles. The second-order valence-electron chi connectivity index (χ2n) is 3.60. The van der Waals surface area contributed by atoms with Crippen molar-refractivity contribution in [3.05, 3.63) is 12.2 Å². The van der Waals surface area contributed by atoms with Crippen molar-refractivity contribution < 1.29 is 13.5 Å². The van der Waals surface area contributed by atoms with Gasteiger partial charge in [-0.3, -0.25) is 0 Å². The van der Waals surface area contributed by atoms with E-state index in [4.69, 9.17) is 4.74 Å². The van der Waals surface area contributed by atoms with Crippen LogP contribution in [0.1, 0.15) is 24.7 Å². The summed E-state index contributed by atoms with van der Waals surface area (Å²) in [6, 6.07) is 0.519. The SMILES string of the molecule is FC(F)COCCc1nncn1C1CC1. The van der Waals surface area contributed by atoms with Crippen LogP contribution in [0.5, 0.6) is 0 Å². The fraction of sp³-hybridized carbons (Fsp3) is 0.778. The molecule has 84 valence electrons. The molecule has 1 saturated carbocycles. The summed E-state index contributed by atoms with van der Waals surface area (Å²) >= 11 is 0. The highest BCUT2D eigenvalue weighted by Gasteiger charge is 2.25. The Balaban J connectivity index is 1.75. The standard InChI is InChI=1S/C9H13F2N3O/c10-8(11)5-15-4-3-9-13-12-6-14(9)7-1-2-7/h6-8H,1-5H2. The number of hydrogen-bond donors (Lipinski definition) is 0. The van der Waals surface area contributed by atoms with Crippen molar-refractivity contribution in [2.75, 3.05) is 13.2 Å². The summed E-state index contributed by atoms with van der Waals surface area (Å²) in [5.74, 6) is 0.826. The third kappa shape index (κ3) is 2.95. The van der Waals surface area contributed by atoms with Crippen LogP contribution in [0.3, 0.4) is 0 Å². The quantitative estimate of drug-likeness (QED) is 0.677. The van der Waals surface area contributed by atoms with Crippen LogP contribution < -0.4 is 0 Å². The van der Waals surface area contributed by atoms with Gasteiger partial charge in [0.05, 0.1) is 6.61 Å². The second-order valence-corrected chi connectivity index (χ2v) is 3.60. The molecule has 0 spiro atoms. The van der Waals surface area contributed by atoms with E-state index in [1.54, 1.807) is 6.33 Å². The van der Waals surface area contributed by atoms with E-state index in [0.29, 0.717) is 12.5 Å². The molecule has 0 aliphatic heterocycles. The average molecular weight is 217 g/mol.